The molecule has 0 saturated carbocycles. The van der Waals surface area contributed by atoms with Gasteiger partial charge in [-0.25, -0.2) is 0 Å². The first kappa shape index (κ1) is 12.0. The molecule has 0 radical (unpaired) electrons. The first-order valence-electron chi connectivity index (χ1n) is 5.44. The SMILES string of the molecule is CC(C)N1CCC(CNC/C=C/Cl)C1. The second kappa shape index (κ2) is 6.44. The smallest absolute Gasteiger partial charge is 0.0146 e. The van der Waals surface area contributed by atoms with Crippen LogP contribution in [0.1, 0.15) is 20.3 Å². The van der Waals surface area contributed by atoms with Crippen LogP contribution in [-0.4, -0.2) is 37.1 Å². The number of hydrogen-bond acceptors (Lipinski definition) is 2. The van der Waals surface area contributed by atoms with Crippen LogP contribution in [0.5, 0.6) is 0 Å². The van der Waals surface area contributed by atoms with E-state index in [4.69, 9.17) is 11.6 Å². The minimum atomic E-state index is 0.697. The van der Waals surface area contributed by atoms with Crippen molar-refractivity contribution in [2.45, 2.75) is 26.3 Å². The standard InChI is InChI=1S/C11H21ClN2/c1-10(2)14-7-4-11(9-14)8-13-6-3-5-12/h3,5,10-11,13H,4,6-9H2,1-2H3/b5-3+. The second-order valence-corrected chi connectivity index (χ2v) is 4.52. The molecule has 1 rings (SSSR count). The molecule has 0 aromatic rings. The summed E-state index contributed by atoms with van der Waals surface area (Å²) in [5, 5.41) is 3.39. The van der Waals surface area contributed by atoms with Gasteiger partial charge in [-0.1, -0.05) is 17.7 Å². The molecule has 1 aliphatic heterocycles. The summed E-state index contributed by atoms with van der Waals surface area (Å²) in [5.41, 5.74) is 1.57. The Kier molecular flexibility index (Phi) is 5.53. The van der Waals surface area contributed by atoms with Gasteiger partial charge in [0.15, 0.2) is 0 Å². The van der Waals surface area contributed by atoms with Crippen LogP contribution in [0.15, 0.2) is 11.6 Å². The first-order chi connectivity index (χ1) is 6.74. The first-order valence-corrected chi connectivity index (χ1v) is 5.87. The molecule has 0 aromatic carbocycles. The van der Waals surface area contributed by atoms with Crippen LogP contribution in [0.3, 0.4) is 0 Å². The average molecular weight is 217 g/mol. The highest BCUT2D eigenvalue weighted by Gasteiger charge is 2.23. The lowest BCUT2D eigenvalue weighted by molar-refractivity contribution is 0.264. The minimum Gasteiger partial charge on any atom is -0.313 e. The van der Waals surface area contributed by atoms with Gasteiger partial charge < -0.3 is 10.2 Å². The fourth-order valence-electron chi connectivity index (χ4n) is 1.91. The molecule has 2 nitrogen and oxygen atoms in total. The maximum absolute atomic E-state index is 5.43. The summed E-state index contributed by atoms with van der Waals surface area (Å²) < 4.78 is 0. The van der Waals surface area contributed by atoms with Crippen molar-refractivity contribution in [2.75, 3.05) is 26.2 Å². The topological polar surface area (TPSA) is 15.3 Å². The van der Waals surface area contributed by atoms with Crippen molar-refractivity contribution < 1.29 is 0 Å². The third-order valence-electron chi connectivity index (χ3n) is 2.83. The van der Waals surface area contributed by atoms with Gasteiger partial charge in [0, 0.05) is 24.7 Å². The zero-order valence-corrected chi connectivity index (χ0v) is 9.93. The Labute approximate surface area is 92.3 Å². The number of nitrogens with zero attached hydrogens (tertiary/aromatic N) is 1. The van der Waals surface area contributed by atoms with Gasteiger partial charge in [0.25, 0.3) is 0 Å². The summed E-state index contributed by atoms with van der Waals surface area (Å²) in [7, 11) is 0. The van der Waals surface area contributed by atoms with E-state index in [1.165, 1.54) is 19.5 Å². The lowest BCUT2D eigenvalue weighted by Gasteiger charge is -2.20. The van der Waals surface area contributed by atoms with Crippen molar-refractivity contribution >= 4 is 11.6 Å². The molecule has 3 heteroatoms. The van der Waals surface area contributed by atoms with Gasteiger partial charge in [0.2, 0.25) is 0 Å². The number of halogens is 1. The molecule has 1 N–H and O–H groups in total. The Bertz CT molecular complexity index is 180. The van der Waals surface area contributed by atoms with Gasteiger partial charge in [-0.05, 0) is 39.3 Å². The van der Waals surface area contributed by atoms with Gasteiger partial charge in [-0.15, -0.1) is 0 Å². The van der Waals surface area contributed by atoms with Crippen LogP contribution < -0.4 is 5.32 Å². The second-order valence-electron chi connectivity index (χ2n) is 4.26. The molecule has 1 saturated heterocycles. The van der Waals surface area contributed by atoms with Crippen LogP contribution in [-0.2, 0) is 0 Å². The molecule has 1 atom stereocenters. The van der Waals surface area contributed by atoms with E-state index in [2.05, 4.69) is 24.1 Å². The summed E-state index contributed by atoms with van der Waals surface area (Å²) in [6, 6.07) is 0.697. The number of likely N-dealkylation sites (tertiary alicyclic amines) is 1. The molecular weight excluding hydrogens is 196 g/mol. The molecule has 1 aliphatic rings. The molecule has 14 heavy (non-hydrogen) atoms. The zero-order valence-electron chi connectivity index (χ0n) is 9.17. The molecule has 82 valence electrons. The van der Waals surface area contributed by atoms with Gasteiger partial charge in [0.1, 0.15) is 0 Å². The number of hydrogen-bond donors (Lipinski definition) is 1. The maximum Gasteiger partial charge on any atom is 0.0146 e. The molecule has 0 aromatic heterocycles. The normalized spacial score (nSPS) is 24.1. The summed E-state index contributed by atoms with van der Waals surface area (Å²) in [6.45, 7) is 9.05. The maximum atomic E-state index is 5.43. The summed E-state index contributed by atoms with van der Waals surface area (Å²) in [5.74, 6) is 0.820. The van der Waals surface area contributed by atoms with E-state index in [-0.39, 0.29) is 0 Å². The quantitative estimate of drug-likeness (QED) is 0.708. The monoisotopic (exact) mass is 216 g/mol. The molecule has 0 bridgehead atoms. The van der Waals surface area contributed by atoms with E-state index in [9.17, 15) is 0 Å². The Balaban J connectivity index is 2.10. The van der Waals surface area contributed by atoms with E-state index >= 15 is 0 Å². The summed E-state index contributed by atoms with van der Waals surface area (Å²) in [6.07, 6.45) is 3.27. The highest BCUT2D eigenvalue weighted by molar-refractivity contribution is 6.25. The van der Waals surface area contributed by atoms with Crippen molar-refractivity contribution in [3.63, 3.8) is 0 Å². The van der Waals surface area contributed by atoms with E-state index in [0.29, 0.717) is 6.04 Å². The van der Waals surface area contributed by atoms with Crippen LogP contribution in [0.4, 0.5) is 0 Å². The molecule has 0 amide bonds. The van der Waals surface area contributed by atoms with Crippen LogP contribution in [0, 0.1) is 5.92 Å². The van der Waals surface area contributed by atoms with Crippen LogP contribution in [0.2, 0.25) is 0 Å². The molecule has 0 aliphatic carbocycles. The molecule has 1 unspecified atom stereocenters. The molecular formula is C11H21ClN2. The third-order valence-corrected chi connectivity index (χ3v) is 3.01. The van der Waals surface area contributed by atoms with Gasteiger partial charge in [-0.3, -0.25) is 0 Å². The number of rotatable bonds is 5. The fourth-order valence-corrected chi connectivity index (χ4v) is 2.00. The summed E-state index contributed by atoms with van der Waals surface area (Å²) in [4.78, 5) is 2.55. The van der Waals surface area contributed by atoms with E-state index < -0.39 is 0 Å². The van der Waals surface area contributed by atoms with E-state index in [1.54, 1.807) is 5.54 Å². The van der Waals surface area contributed by atoms with Gasteiger partial charge in [0.05, 0.1) is 0 Å². The Morgan fingerprint density at radius 3 is 2.93 bits per heavy atom. The minimum absolute atomic E-state index is 0.697. The zero-order chi connectivity index (χ0) is 10.4. The van der Waals surface area contributed by atoms with E-state index in [1.807, 2.05) is 6.08 Å². The van der Waals surface area contributed by atoms with Crippen LogP contribution >= 0.6 is 11.6 Å². The fraction of sp³-hybridized carbons (Fsp3) is 0.818. The highest BCUT2D eigenvalue weighted by Crippen LogP contribution is 2.17. The van der Waals surface area contributed by atoms with Crippen molar-refractivity contribution in [1.29, 1.82) is 0 Å². The summed E-state index contributed by atoms with van der Waals surface area (Å²) >= 11 is 5.43. The Morgan fingerprint density at radius 1 is 1.57 bits per heavy atom. The Hall–Kier alpha value is -0.0500. The van der Waals surface area contributed by atoms with Gasteiger partial charge >= 0.3 is 0 Å². The lowest BCUT2D eigenvalue weighted by Crippen LogP contribution is -2.30. The predicted molar refractivity (Wildman–Crippen MR) is 62.7 cm³/mol. The number of nitrogens with one attached hydrogen (secondary N) is 1. The molecule has 0 spiro atoms. The third kappa shape index (κ3) is 3.99. The largest absolute Gasteiger partial charge is 0.313 e. The van der Waals surface area contributed by atoms with Crippen molar-refractivity contribution in [2.24, 2.45) is 5.92 Å². The van der Waals surface area contributed by atoms with Crippen LogP contribution in [0.25, 0.3) is 0 Å². The van der Waals surface area contributed by atoms with Crippen molar-refractivity contribution in [3.8, 4) is 0 Å². The predicted octanol–water partition coefficient (Wildman–Crippen LogP) is 2.06. The molecule has 1 heterocycles. The molecule has 1 fully saturated rings. The Morgan fingerprint density at radius 2 is 2.36 bits per heavy atom. The van der Waals surface area contributed by atoms with Crippen molar-refractivity contribution in [3.05, 3.63) is 11.6 Å². The van der Waals surface area contributed by atoms with E-state index in [0.717, 1.165) is 19.0 Å². The lowest BCUT2D eigenvalue weighted by atomic mass is 10.1. The van der Waals surface area contributed by atoms with Gasteiger partial charge in [-0.2, -0.15) is 0 Å². The average Bonchev–Trinajstić information content (AvgIpc) is 2.61. The van der Waals surface area contributed by atoms with Crippen molar-refractivity contribution in [1.82, 2.24) is 10.2 Å². The highest BCUT2D eigenvalue weighted by atomic mass is 35.5.